The molecule has 0 aliphatic carbocycles. The second-order valence-corrected chi connectivity index (χ2v) is 5.36. The highest BCUT2D eigenvalue weighted by Crippen LogP contribution is 2.38. The summed E-state index contributed by atoms with van der Waals surface area (Å²) in [6.45, 7) is 0.885. The lowest BCUT2D eigenvalue weighted by atomic mass is 9.95. The number of anilines is 1. The minimum absolute atomic E-state index is 0.683. The maximum absolute atomic E-state index is 15.2. The standard InChI is InChI=1S/C18H15FN2/c19-17(15-6-2-4-13-8-10-21-18(13)15)14-5-1-3-12-7-9-20-11-16(12)14/h1-7,9,11,17,21H,8,10H2. The van der Waals surface area contributed by atoms with Gasteiger partial charge in [0.25, 0.3) is 0 Å². The Morgan fingerprint density at radius 3 is 2.86 bits per heavy atom. The summed E-state index contributed by atoms with van der Waals surface area (Å²) in [5.41, 5.74) is 3.57. The fraction of sp³-hybridized carbons (Fsp3) is 0.167. The van der Waals surface area contributed by atoms with E-state index in [1.165, 1.54) is 5.56 Å². The van der Waals surface area contributed by atoms with Gasteiger partial charge in [-0.25, -0.2) is 4.39 Å². The van der Waals surface area contributed by atoms with Crippen LogP contribution >= 0.6 is 0 Å². The smallest absolute Gasteiger partial charge is 0.153 e. The van der Waals surface area contributed by atoms with Crippen LogP contribution < -0.4 is 5.32 Å². The molecule has 0 fully saturated rings. The fourth-order valence-electron chi connectivity index (χ4n) is 3.10. The SMILES string of the molecule is FC(c1cccc2c1NCC2)c1cccc2ccncc12. The summed E-state index contributed by atoms with van der Waals surface area (Å²) in [6, 6.07) is 13.5. The molecule has 1 aliphatic heterocycles. The fourth-order valence-corrected chi connectivity index (χ4v) is 3.10. The van der Waals surface area contributed by atoms with Crippen LogP contribution in [-0.4, -0.2) is 11.5 Å². The van der Waals surface area contributed by atoms with Gasteiger partial charge in [-0.3, -0.25) is 4.98 Å². The highest BCUT2D eigenvalue weighted by molar-refractivity contribution is 5.85. The zero-order valence-corrected chi connectivity index (χ0v) is 11.5. The van der Waals surface area contributed by atoms with Crippen molar-refractivity contribution >= 4 is 16.5 Å². The van der Waals surface area contributed by atoms with Gasteiger partial charge in [-0.2, -0.15) is 0 Å². The van der Waals surface area contributed by atoms with Crippen LogP contribution in [0.3, 0.4) is 0 Å². The van der Waals surface area contributed by atoms with Gasteiger partial charge in [-0.05, 0) is 29.0 Å². The number of pyridine rings is 1. The topological polar surface area (TPSA) is 24.9 Å². The van der Waals surface area contributed by atoms with Gasteiger partial charge in [0.2, 0.25) is 0 Å². The number of nitrogens with zero attached hydrogens (tertiary/aromatic N) is 1. The molecule has 2 heterocycles. The summed E-state index contributed by atoms with van der Waals surface area (Å²) in [6.07, 6.45) is 3.31. The summed E-state index contributed by atoms with van der Waals surface area (Å²) in [5, 5.41) is 5.21. The van der Waals surface area contributed by atoms with Gasteiger partial charge >= 0.3 is 0 Å². The number of para-hydroxylation sites is 1. The Morgan fingerprint density at radius 2 is 1.90 bits per heavy atom. The number of halogens is 1. The van der Waals surface area contributed by atoms with Crippen molar-refractivity contribution in [3.05, 3.63) is 71.5 Å². The highest BCUT2D eigenvalue weighted by Gasteiger charge is 2.22. The Hall–Kier alpha value is -2.42. The van der Waals surface area contributed by atoms with Gasteiger partial charge in [-0.15, -0.1) is 0 Å². The number of benzene rings is 2. The van der Waals surface area contributed by atoms with E-state index in [9.17, 15) is 0 Å². The third-order valence-corrected chi connectivity index (χ3v) is 4.14. The van der Waals surface area contributed by atoms with Crippen molar-refractivity contribution in [3.8, 4) is 0 Å². The Morgan fingerprint density at radius 1 is 1.05 bits per heavy atom. The van der Waals surface area contributed by atoms with E-state index in [-0.39, 0.29) is 0 Å². The van der Waals surface area contributed by atoms with Gasteiger partial charge in [0, 0.05) is 35.6 Å². The first kappa shape index (κ1) is 12.3. The normalized spacial score (nSPS) is 14.7. The average Bonchev–Trinajstić information content (AvgIpc) is 3.02. The molecule has 104 valence electrons. The van der Waals surface area contributed by atoms with Crippen molar-refractivity contribution in [1.29, 1.82) is 0 Å². The lowest BCUT2D eigenvalue weighted by Crippen LogP contribution is -2.01. The lowest BCUT2D eigenvalue weighted by Gasteiger charge is -2.15. The Bertz CT molecular complexity index is 808. The molecule has 1 aliphatic rings. The van der Waals surface area contributed by atoms with Crippen LogP contribution in [0, 0.1) is 0 Å². The zero-order valence-electron chi connectivity index (χ0n) is 11.5. The van der Waals surface area contributed by atoms with Gasteiger partial charge in [-0.1, -0.05) is 36.4 Å². The summed E-state index contributed by atoms with van der Waals surface area (Å²) in [7, 11) is 0. The summed E-state index contributed by atoms with van der Waals surface area (Å²) in [4.78, 5) is 4.14. The minimum Gasteiger partial charge on any atom is -0.384 e. The van der Waals surface area contributed by atoms with Gasteiger partial charge < -0.3 is 5.32 Å². The summed E-state index contributed by atoms with van der Waals surface area (Å²) < 4.78 is 15.2. The first-order valence-electron chi connectivity index (χ1n) is 7.17. The van der Waals surface area contributed by atoms with E-state index in [0.717, 1.165) is 35.0 Å². The monoisotopic (exact) mass is 278 g/mol. The van der Waals surface area contributed by atoms with Crippen LogP contribution in [0.2, 0.25) is 0 Å². The van der Waals surface area contributed by atoms with E-state index >= 15 is 4.39 Å². The third-order valence-electron chi connectivity index (χ3n) is 4.14. The molecule has 0 radical (unpaired) electrons. The number of hydrogen-bond donors (Lipinski definition) is 1. The molecule has 4 rings (SSSR count). The second-order valence-electron chi connectivity index (χ2n) is 5.36. The molecule has 1 N–H and O–H groups in total. The molecule has 1 aromatic heterocycles. The van der Waals surface area contributed by atoms with Gasteiger partial charge in [0.1, 0.15) is 0 Å². The van der Waals surface area contributed by atoms with Crippen LogP contribution in [0.15, 0.2) is 54.9 Å². The number of alkyl halides is 1. The van der Waals surface area contributed by atoms with E-state index in [1.807, 2.05) is 36.4 Å². The summed E-state index contributed by atoms with van der Waals surface area (Å²) >= 11 is 0. The molecule has 0 saturated carbocycles. The maximum atomic E-state index is 15.2. The molecule has 1 unspecified atom stereocenters. The summed E-state index contributed by atoms with van der Waals surface area (Å²) in [5.74, 6) is 0. The van der Waals surface area contributed by atoms with E-state index in [4.69, 9.17) is 0 Å². The largest absolute Gasteiger partial charge is 0.384 e. The molecule has 1 atom stereocenters. The van der Waals surface area contributed by atoms with Crippen molar-refractivity contribution in [3.63, 3.8) is 0 Å². The molecular weight excluding hydrogens is 263 g/mol. The number of hydrogen-bond acceptors (Lipinski definition) is 2. The van der Waals surface area contributed by atoms with Crippen molar-refractivity contribution in [2.45, 2.75) is 12.6 Å². The predicted molar refractivity (Wildman–Crippen MR) is 83.3 cm³/mol. The molecule has 0 bridgehead atoms. The number of rotatable bonds is 2. The highest BCUT2D eigenvalue weighted by atomic mass is 19.1. The number of fused-ring (bicyclic) bond motifs is 2. The molecule has 2 aromatic carbocycles. The second kappa shape index (κ2) is 4.85. The molecular formula is C18H15FN2. The number of aromatic nitrogens is 1. The number of nitrogens with one attached hydrogen (secondary N) is 1. The predicted octanol–water partition coefficient (Wildman–Crippen LogP) is 4.26. The molecule has 3 aromatic rings. The average molecular weight is 278 g/mol. The van der Waals surface area contributed by atoms with Gasteiger partial charge in [0.05, 0.1) is 0 Å². The quantitative estimate of drug-likeness (QED) is 0.757. The third kappa shape index (κ3) is 1.97. The molecule has 0 spiro atoms. The molecule has 2 nitrogen and oxygen atoms in total. The van der Waals surface area contributed by atoms with Crippen molar-refractivity contribution in [2.24, 2.45) is 0 Å². The van der Waals surface area contributed by atoms with E-state index < -0.39 is 6.17 Å². The molecule has 0 saturated heterocycles. The Balaban J connectivity index is 1.88. The van der Waals surface area contributed by atoms with Crippen LogP contribution in [0.4, 0.5) is 10.1 Å². The Kier molecular flexibility index (Phi) is 2.85. The van der Waals surface area contributed by atoms with Crippen LogP contribution in [0.25, 0.3) is 10.8 Å². The van der Waals surface area contributed by atoms with Crippen molar-refractivity contribution in [1.82, 2.24) is 4.98 Å². The van der Waals surface area contributed by atoms with Crippen LogP contribution in [0.5, 0.6) is 0 Å². The van der Waals surface area contributed by atoms with Gasteiger partial charge in [0.15, 0.2) is 6.17 Å². The molecule has 0 amide bonds. The van der Waals surface area contributed by atoms with Crippen molar-refractivity contribution < 1.29 is 4.39 Å². The maximum Gasteiger partial charge on any atom is 0.153 e. The van der Waals surface area contributed by atoms with Crippen LogP contribution in [0.1, 0.15) is 22.9 Å². The van der Waals surface area contributed by atoms with E-state index in [0.29, 0.717) is 5.56 Å². The lowest BCUT2D eigenvalue weighted by molar-refractivity contribution is 0.405. The van der Waals surface area contributed by atoms with E-state index in [1.54, 1.807) is 12.4 Å². The minimum atomic E-state index is -1.14. The van der Waals surface area contributed by atoms with E-state index in [2.05, 4.69) is 16.4 Å². The first-order valence-corrected chi connectivity index (χ1v) is 7.17. The molecule has 21 heavy (non-hydrogen) atoms. The molecule has 3 heteroatoms. The zero-order chi connectivity index (χ0) is 14.2. The van der Waals surface area contributed by atoms with Crippen molar-refractivity contribution in [2.75, 3.05) is 11.9 Å². The van der Waals surface area contributed by atoms with Crippen LogP contribution in [-0.2, 0) is 6.42 Å². The Labute approximate surface area is 122 Å². The first-order chi connectivity index (χ1) is 10.3.